The first-order valence-electron chi connectivity index (χ1n) is 15.4. The average Bonchev–Trinajstić information content (AvgIpc) is 3.40. The highest BCUT2D eigenvalue weighted by Crippen LogP contribution is 2.47. The molecule has 11 heteroatoms. The van der Waals surface area contributed by atoms with Crippen molar-refractivity contribution >= 4 is 45.3 Å². The topological polar surface area (TPSA) is 88.7 Å². The Bertz CT molecular complexity index is 1830. The van der Waals surface area contributed by atoms with E-state index in [-0.39, 0.29) is 29.7 Å². The van der Waals surface area contributed by atoms with Crippen molar-refractivity contribution in [1.82, 2.24) is 29.1 Å². The molecule has 230 valence electrons. The summed E-state index contributed by atoms with van der Waals surface area (Å²) in [7, 11) is 1.98. The van der Waals surface area contributed by atoms with Gasteiger partial charge in [-0.3, -0.25) is 18.9 Å². The number of aromatic nitrogens is 4. The normalized spacial score (nSPS) is 22.6. The minimum Gasteiger partial charge on any atom is -0.379 e. The molecule has 0 spiro atoms. The molecule has 1 unspecified atom stereocenters. The molecule has 10 nitrogen and oxygen atoms in total. The van der Waals surface area contributed by atoms with Crippen LogP contribution >= 0.6 is 11.8 Å². The van der Waals surface area contributed by atoms with Crippen LogP contribution in [0.2, 0.25) is 0 Å². The first-order valence-corrected chi connectivity index (χ1v) is 16.4. The number of carbonyl (C=O) groups excluding carboxylic acids is 1. The Hall–Kier alpha value is -3.67. The number of carbonyl (C=O) groups is 1. The zero-order valence-corrected chi connectivity index (χ0v) is 26.6. The van der Waals surface area contributed by atoms with Crippen LogP contribution in [0.5, 0.6) is 0 Å². The number of ether oxygens (including phenoxy) is 1. The van der Waals surface area contributed by atoms with E-state index in [9.17, 15) is 9.59 Å². The summed E-state index contributed by atoms with van der Waals surface area (Å²) in [6, 6.07) is 8.45. The third-order valence-electron chi connectivity index (χ3n) is 9.38. The first kappa shape index (κ1) is 29.1. The highest BCUT2D eigenvalue weighted by molar-refractivity contribution is 7.99. The summed E-state index contributed by atoms with van der Waals surface area (Å²) in [4.78, 5) is 39.2. The molecule has 1 amide bonds. The first-order chi connectivity index (χ1) is 21.3. The molecule has 5 heterocycles. The second kappa shape index (κ2) is 11.4. The quantitative estimate of drug-likeness (QED) is 0.314. The number of thioether (sulfide) groups is 1. The van der Waals surface area contributed by atoms with E-state index in [1.807, 2.05) is 53.0 Å². The molecule has 7 rings (SSSR count). The largest absolute Gasteiger partial charge is 0.379 e. The van der Waals surface area contributed by atoms with Crippen molar-refractivity contribution in [3.63, 3.8) is 0 Å². The van der Waals surface area contributed by atoms with E-state index in [1.165, 1.54) is 6.08 Å². The van der Waals surface area contributed by atoms with E-state index >= 15 is 0 Å². The molecule has 4 aromatic rings. The summed E-state index contributed by atoms with van der Waals surface area (Å²) in [6.07, 6.45) is 3.29. The molecule has 44 heavy (non-hydrogen) atoms. The smallest absolute Gasteiger partial charge is 0.350 e. The molecule has 2 saturated heterocycles. The maximum Gasteiger partial charge on any atom is 0.350 e. The Labute approximate surface area is 261 Å². The number of piperazine rings is 1. The van der Waals surface area contributed by atoms with Crippen molar-refractivity contribution in [2.24, 2.45) is 7.05 Å². The Morgan fingerprint density at radius 1 is 1.16 bits per heavy atom. The molecule has 2 aromatic heterocycles. The predicted octanol–water partition coefficient (Wildman–Crippen LogP) is 3.85. The molecule has 3 aliphatic heterocycles. The van der Waals surface area contributed by atoms with Crippen molar-refractivity contribution in [2.75, 3.05) is 56.6 Å². The minimum atomic E-state index is -0.217. The Kier molecular flexibility index (Phi) is 7.50. The lowest BCUT2D eigenvalue weighted by Gasteiger charge is -2.45. The molecular formula is C33H39N7O3S. The average molecular weight is 614 g/mol. The molecule has 2 fully saturated rings. The predicted molar refractivity (Wildman–Crippen MR) is 176 cm³/mol. The van der Waals surface area contributed by atoms with Gasteiger partial charge in [-0.25, -0.2) is 4.79 Å². The molecule has 0 radical (unpaired) electrons. The molecule has 0 N–H and O–H groups in total. The third-order valence-corrected chi connectivity index (χ3v) is 10.6. The summed E-state index contributed by atoms with van der Waals surface area (Å²) in [5.41, 5.74) is 5.22. The fraction of sp³-hybridized carbons (Fsp3) is 0.455. The van der Waals surface area contributed by atoms with E-state index in [0.29, 0.717) is 32.1 Å². The van der Waals surface area contributed by atoms with Crippen LogP contribution in [0, 0.1) is 6.92 Å². The van der Waals surface area contributed by atoms with E-state index in [1.54, 1.807) is 0 Å². The van der Waals surface area contributed by atoms with Crippen LogP contribution in [0.3, 0.4) is 0 Å². The van der Waals surface area contributed by atoms with Gasteiger partial charge in [-0.2, -0.15) is 10.1 Å². The van der Waals surface area contributed by atoms with Gasteiger partial charge in [0.2, 0.25) is 5.91 Å². The second-order valence-electron chi connectivity index (χ2n) is 12.3. The van der Waals surface area contributed by atoms with Gasteiger partial charge in [-0.05, 0) is 38.5 Å². The third kappa shape index (κ3) is 4.72. The Balaban J connectivity index is 1.43. The molecule has 0 saturated carbocycles. The molecule has 0 aliphatic carbocycles. The van der Waals surface area contributed by atoms with Crippen LogP contribution in [-0.4, -0.2) is 98.8 Å². The van der Waals surface area contributed by atoms with Gasteiger partial charge in [-0.15, -0.1) is 11.8 Å². The van der Waals surface area contributed by atoms with Gasteiger partial charge in [0.1, 0.15) is 5.82 Å². The van der Waals surface area contributed by atoms with Gasteiger partial charge in [0.25, 0.3) is 0 Å². The standard InChI is InChI=1S/C33H39N7O3S/c1-6-27(41)39-21(3)16-38(17-22(39)4)32-26-14-20(2)28(25-9-7-8-23-15-34-36(5)29(23)25)31-30(26)40(33(42)35-32)24(19-44-31)18-37-10-12-43-13-11-37/h6-9,14-15,21-22,24H,1,10-13,16-19H2,2-5H3/t21-,22+,24?. The van der Waals surface area contributed by atoms with Crippen molar-refractivity contribution in [3.05, 3.63) is 59.2 Å². The Morgan fingerprint density at radius 3 is 2.64 bits per heavy atom. The van der Waals surface area contributed by atoms with Gasteiger partial charge < -0.3 is 14.5 Å². The number of aryl methyl sites for hydroxylation is 2. The van der Waals surface area contributed by atoms with Crippen LogP contribution < -0.4 is 10.6 Å². The van der Waals surface area contributed by atoms with Crippen LogP contribution in [-0.2, 0) is 16.6 Å². The van der Waals surface area contributed by atoms with Crippen molar-refractivity contribution in [3.8, 4) is 11.1 Å². The number of nitrogens with zero attached hydrogens (tertiary/aromatic N) is 7. The van der Waals surface area contributed by atoms with Crippen molar-refractivity contribution in [2.45, 2.75) is 43.8 Å². The number of hydrogen-bond acceptors (Lipinski definition) is 8. The molecule has 3 aliphatic rings. The van der Waals surface area contributed by atoms with E-state index < -0.39 is 0 Å². The van der Waals surface area contributed by atoms with E-state index in [0.717, 1.165) is 68.8 Å². The second-order valence-corrected chi connectivity index (χ2v) is 13.4. The number of morpholine rings is 1. The van der Waals surface area contributed by atoms with Gasteiger partial charge in [0.05, 0.1) is 36.5 Å². The zero-order chi connectivity index (χ0) is 30.7. The number of fused-ring (bicyclic) bond motifs is 1. The molecule has 3 atom stereocenters. The summed E-state index contributed by atoms with van der Waals surface area (Å²) >= 11 is 1.85. The number of anilines is 1. The van der Waals surface area contributed by atoms with Crippen molar-refractivity contribution in [1.29, 1.82) is 0 Å². The van der Waals surface area contributed by atoms with Gasteiger partial charge in [-0.1, -0.05) is 24.8 Å². The van der Waals surface area contributed by atoms with Crippen LogP contribution in [0.25, 0.3) is 32.9 Å². The van der Waals surface area contributed by atoms with Crippen LogP contribution in [0.15, 0.2) is 52.8 Å². The molecule has 0 bridgehead atoms. The van der Waals surface area contributed by atoms with Crippen molar-refractivity contribution < 1.29 is 9.53 Å². The number of rotatable bonds is 5. The lowest BCUT2D eigenvalue weighted by atomic mass is 9.95. The maximum atomic E-state index is 14.2. The summed E-state index contributed by atoms with van der Waals surface area (Å²) in [5, 5.41) is 6.63. The highest BCUT2D eigenvalue weighted by atomic mass is 32.2. The highest BCUT2D eigenvalue weighted by Gasteiger charge is 2.36. The van der Waals surface area contributed by atoms with E-state index in [2.05, 4.69) is 52.7 Å². The molecule has 2 aromatic carbocycles. The lowest BCUT2D eigenvalue weighted by molar-refractivity contribution is -0.130. The zero-order valence-electron chi connectivity index (χ0n) is 25.8. The molecular weight excluding hydrogens is 574 g/mol. The van der Waals surface area contributed by atoms with Gasteiger partial charge in [0.15, 0.2) is 0 Å². The maximum absolute atomic E-state index is 14.2. The van der Waals surface area contributed by atoms with Gasteiger partial charge in [0, 0.05) is 84.4 Å². The van der Waals surface area contributed by atoms with Crippen LogP contribution in [0.4, 0.5) is 5.82 Å². The number of benzene rings is 2. The monoisotopic (exact) mass is 613 g/mol. The minimum absolute atomic E-state index is 0.00916. The SMILES string of the molecule is C=CC(=O)N1[C@H](C)CN(c2nc(=O)n3c4c(c(-c5cccc6cnn(C)c56)c(C)cc24)SCC3CN2CCOCC2)C[C@@H]1C. The lowest BCUT2D eigenvalue weighted by Crippen LogP contribution is -2.58. The summed E-state index contributed by atoms with van der Waals surface area (Å²) in [6.45, 7) is 15.1. The summed E-state index contributed by atoms with van der Waals surface area (Å²) in [5.74, 6) is 1.42. The van der Waals surface area contributed by atoms with Gasteiger partial charge >= 0.3 is 5.69 Å². The van der Waals surface area contributed by atoms with E-state index in [4.69, 9.17) is 9.72 Å². The fourth-order valence-electron chi connectivity index (χ4n) is 7.48. The summed E-state index contributed by atoms with van der Waals surface area (Å²) < 4.78 is 9.51. The number of amides is 1. The van der Waals surface area contributed by atoms with Crippen LogP contribution in [0.1, 0.15) is 25.5 Å². The Morgan fingerprint density at radius 2 is 1.91 bits per heavy atom. The number of para-hydroxylation sites is 1. The number of hydrogen-bond donors (Lipinski definition) is 0. The fourth-order valence-corrected chi connectivity index (χ4v) is 8.86.